The number of methoxy groups -OCH3 is 3. The zero-order chi connectivity index (χ0) is 17.1. The maximum Gasteiger partial charge on any atom is 0.273 e. The van der Waals surface area contributed by atoms with Crippen LogP contribution in [0.25, 0.3) is 0 Å². The molecule has 1 aromatic carbocycles. The summed E-state index contributed by atoms with van der Waals surface area (Å²) >= 11 is 1.44. The third-order valence-corrected chi connectivity index (χ3v) is 4.39. The first-order valence-electron chi connectivity index (χ1n) is 7.31. The summed E-state index contributed by atoms with van der Waals surface area (Å²) in [6.07, 6.45) is 1.67. The average molecular weight is 350 g/mol. The molecule has 1 saturated heterocycles. The minimum absolute atomic E-state index is 0.0258. The topological polar surface area (TPSA) is 70.1 Å². The molecule has 24 heavy (non-hydrogen) atoms. The molecule has 0 radical (unpaired) electrons. The van der Waals surface area contributed by atoms with Crippen molar-refractivity contribution in [2.45, 2.75) is 6.10 Å². The summed E-state index contributed by atoms with van der Waals surface area (Å²) in [5.74, 6) is 1.27. The Labute approximate surface area is 143 Å². The molecule has 128 valence electrons. The van der Waals surface area contributed by atoms with Crippen molar-refractivity contribution in [1.82, 2.24) is 9.88 Å². The monoisotopic (exact) mass is 350 g/mol. The van der Waals surface area contributed by atoms with Gasteiger partial charge in [0.15, 0.2) is 11.5 Å². The lowest BCUT2D eigenvalue weighted by Crippen LogP contribution is -2.56. The molecule has 1 aliphatic rings. The minimum Gasteiger partial charge on any atom is -0.493 e. The van der Waals surface area contributed by atoms with Gasteiger partial charge in [0.1, 0.15) is 6.10 Å². The van der Waals surface area contributed by atoms with Crippen molar-refractivity contribution in [1.29, 1.82) is 0 Å². The SMILES string of the molecule is COc1cc(C(=O)N2CC(Oc3nccs3)C2)cc(OC)c1OC. The van der Waals surface area contributed by atoms with E-state index in [9.17, 15) is 4.79 Å². The molecule has 1 aliphatic heterocycles. The van der Waals surface area contributed by atoms with E-state index in [2.05, 4.69) is 4.98 Å². The zero-order valence-corrected chi connectivity index (χ0v) is 14.5. The van der Waals surface area contributed by atoms with E-state index in [0.29, 0.717) is 41.1 Å². The number of benzene rings is 1. The van der Waals surface area contributed by atoms with Gasteiger partial charge in [-0.15, -0.1) is 0 Å². The molecule has 0 N–H and O–H groups in total. The molecule has 0 spiro atoms. The van der Waals surface area contributed by atoms with Crippen LogP contribution in [-0.2, 0) is 0 Å². The van der Waals surface area contributed by atoms with Gasteiger partial charge in [-0.05, 0) is 12.1 Å². The number of carbonyl (C=O) groups is 1. The number of aromatic nitrogens is 1. The van der Waals surface area contributed by atoms with E-state index < -0.39 is 0 Å². The molecule has 3 rings (SSSR count). The van der Waals surface area contributed by atoms with Crippen LogP contribution in [0.2, 0.25) is 0 Å². The highest BCUT2D eigenvalue weighted by molar-refractivity contribution is 7.11. The maximum absolute atomic E-state index is 12.6. The number of carbonyl (C=O) groups excluding carboxylic acids is 1. The van der Waals surface area contributed by atoms with E-state index >= 15 is 0 Å². The second-order valence-electron chi connectivity index (χ2n) is 5.16. The molecule has 8 heteroatoms. The molecule has 7 nitrogen and oxygen atoms in total. The second kappa shape index (κ2) is 6.96. The third-order valence-electron chi connectivity index (χ3n) is 3.72. The molecule has 1 amide bonds. The smallest absolute Gasteiger partial charge is 0.273 e. The Morgan fingerprint density at radius 2 is 1.83 bits per heavy atom. The lowest BCUT2D eigenvalue weighted by molar-refractivity contribution is 0.0176. The summed E-state index contributed by atoms with van der Waals surface area (Å²) in [7, 11) is 4.57. The van der Waals surface area contributed by atoms with Crippen LogP contribution in [0.3, 0.4) is 0 Å². The first kappa shape index (κ1) is 16.4. The summed E-state index contributed by atoms with van der Waals surface area (Å²) in [5.41, 5.74) is 0.484. The van der Waals surface area contributed by atoms with Crippen LogP contribution in [-0.4, -0.2) is 56.3 Å². The Balaban J connectivity index is 1.69. The van der Waals surface area contributed by atoms with Crippen molar-refractivity contribution in [2.75, 3.05) is 34.4 Å². The first-order valence-corrected chi connectivity index (χ1v) is 8.19. The first-order chi connectivity index (χ1) is 11.7. The van der Waals surface area contributed by atoms with Crippen LogP contribution in [0, 0.1) is 0 Å². The van der Waals surface area contributed by atoms with Crippen molar-refractivity contribution in [3.63, 3.8) is 0 Å². The Morgan fingerprint density at radius 1 is 1.17 bits per heavy atom. The fourth-order valence-electron chi connectivity index (χ4n) is 2.48. The van der Waals surface area contributed by atoms with Gasteiger partial charge in [0.25, 0.3) is 11.1 Å². The Morgan fingerprint density at radius 3 is 2.33 bits per heavy atom. The summed E-state index contributed by atoms with van der Waals surface area (Å²) in [5, 5.41) is 2.48. The molecule has 1 aromatic heterocycles. The van der Waals surface area contributed by atoms with E-state index in [0.717, 1.165) is 0 Å². The van der Waals surface area contributed by atoms with Gasteiger partial charge in [0.05, 0.1) is 34.4 Å². The summed E-state index contributed by atoms with van der Waals surface area (Å²) in [6, 6.07) is 3.30. The highest BCUT2D eigenvalue weighted by atomic mass is 32.1. The van der Waals surface area contributed by atoms with E-state index in [-0.39, 0.29) is 12.0 Å². The van der Waals surface area contributed by atoms with Gasteiger partial charge >= 0.3 is 0 Å². The van der Waals surface area contributed by atoms with Crippen molar-refractivity contribution < 1.29 is 23.7 Å². The highest BCUT2D eigenvalue weighted by Crippen LogP contribution is 2.38. The molecule has 0 aliphatic carbocycles. The lowest BCUT2D eigenvalue weighted by Gasteiger charge is -2.38. The number of nitrogens with zero attached hydrogens (tertiary/aromatic N) is 2. The van der Waals surface area contributed by atoms with Gasteiger partial charge in [-0.2, -0.15) is 0 Å². The Bertz CT molecular complexity index is 688. The molecule has 0 saturated carbocycles. The normalized spacial score (nSPS) is 14.0. The average Bonchev–Trinajstić information content (AvgIpc) is 3.08. The van der Waals surface area contributed by atoms with E-state index in [1.807, 2.05) is 5.38 Å². The number of likely N-dealkylation sites (tertiary alicyclic amines) is 1. The lowest BCUT2D eigenvalue weighted by atomic mass is 10.1. The maximum atomic E-state index is 12.6. The fraction of sp³-hybridized carbons (Fsp3) is 0.375. The van der Waals surface area contributed by atoms with Gasteiger partial charge in [-0.1, -0.05) is 11.3 Å². The Kier molecular flexibility index (Phi) is 4.75. The summed E-state index contributed by atoms with van der Waals surface area (Å²) < 4.78 is 21.5. The number of amides is 1. The summed E-state index contributed by atoms with van der Waals surface area (Å²) in [6.45, 7) is 1.05. The van der Waals surface area contributed by atoms with Crippen molar-refractivity contribution in [3.8, 4) is 22.4 Å². The standard InChI is InChI=1S/C16H18N2O5S/c1-20-12-6-10(7-13(21-2)14(12)22-3)15(19)18-8-11(9-18)23-16-17-4-5-24-16/h4-7,11H,8-9H2,1-3H3. The molecular formula is C16H18N2O5S. The third kappa shape index (κ3) is 3.09. The number of hydrogen-bond donors (Lipinski definition) is 0. The van der Waals surface area contributed by atoms with Crippen LogP contribution < -0.4 is 18.9 Å². The van der Waals surface area contributed by atoms with Gasteiger partial charge in [-0.3, -0.25) is 4.79 Å². The zero-order valence-electron chi connectivity index (χ0n) is 13.6. The van der Waals surface area contributed by atoms with Gasteiger partial charge < -0.3 is 23.8 Å². The summed E-state index contributed by atoms with van der Waals surface area (Å²) in [4.78, 5) is 18.4. The minimum atomic E-state index is -0.103. The van der Waals surface area contributed by atoms with Gasteiger partial charge in [0, 0.05) is 17.1 Å². The number of thiazole rings is 1. The largest absolute Gasteiger partial charge is 0.493 e. The molecule has 0 bridgehead atoms. The molecule has 0 atom stereocenters. The second-order valence-corrected chi connectivity index (χ2v) is 6.02. The van der Waals surface area contributed by atoms with Gasteiger partial charge in [0.2, 0.25) is 5.75 Å². The van der Waals surface area contributed by atoms with Crippen LogP contribution in [0.15, 0.2) is 23.7 Å². The van der Waals surface area contributed by atoms with Crippen LogP contribution >= 0.6 is 11.3 Å². The van der Waals surface area contributed by atoms with E-state index in [1.54, 1.807) is 23.2 Å². The predicted octanol–water partition coefficient (Wildman–Crippen LogP) is 2.07. The molecule has 2 aromatic rings. The van der Waals surface area contributed by atoms with Crippen LogP contribution in [0.4, 0.5) is 0 Å². The van der Waals surface area contributed by atoms with E-state index in [1.165, 1.54) is 32.7 Å². The van der Waals surface area contributed by atoms with Crippen molar-refractivity contribution in [2.24, 2.45) is 0 Å². The molecular weight excluding hydrogens is 332 g/mol. The van der Waals surface area contributed by atoms with E-state index in [4.69, 9.17) is 18.9 Å². The van der Waals surface area contributed by atoms with Crippen molar-refractivity contribution in [3.05, 3.63) is 29.3 Å². The Hall–Kier alpha value is -2.48. The number of rotatable bonds is 6. The highest BCUT2D eigenvalue weighted by Gasteiger charge is 2.34. The van der Waals surface area contributed by atoms with Gasteiger partial charge in [-0.25, -0.2) is 4.98 Å². The fourth-order valence-corrected chi connectivity index (χ4v) is 3.03. The van der Waals surface area contributed by atoms with Crippen molar-refractivity contribution >= 4 is 17.2 Å². The van der Waals surface area contributed by atoms with Crippen LogP contribution in [0.1, 0.15) is 10.4 Å². The molecule has 1 fully saturated rings. The van der Waals surface area contributed by atoms with Crippen LogP contribution in [0.5, 0.6) is 22.4 Å². The predicted molar refractivity (Wildman–Crippen MR) is 88.5 cm³/mol. The quantitative estimate of drug-likeness (QED) is 0.794. The molecule has 2 heterocycles. The number of ether oxygens (including phenoxy) is 4. The molecule has 0 unspecified atom stereocenters. The number of hydrogen-bond acceptors (Lipinski definition) is 7.